The maximum Gasteiger partial charge on any atom is 1.00 e. The van der Waals surface area contributed by atoms with Crippen molar-refractivity contribution in [3.05, 3.63) is 162 Å². The average Bonchev–Trinajstić information content (AvgIpc) is 3.90. The van der Waals surface area contributed by atoms with E-state index in [2.05, 4.69) is 45.9 Å². The predicted molar refractivity (Wildman–Crippen MR) is 227 cm³/mol. The standard InChI is InChI=1S/C21H20FN5O2.C14H14FN5O.C7H6O2.CN.B.Na/c22-16-5-2-8-24-17(16)13-26-21-20-18(6-10-25-21)29-19(27-20)7-9-23-12-14-3-1-4-15(28)11-14;15-9-2-1-6-17-10(9)8-19-14-13-11(4-7-18-14)21-12(20-13)3-5-16;8-5-6-2-1-3-7(9)4-6;1-2;;/h1-6,8,10-11,23,28H,7,9,12-13H2,(H,25,26);1-2,4,6-7H,3,5,8,16H2,(H,18,19);1-5,9H;;;/q;;;-1;;+1. The summed E-state index contributed by atoms with van der Waals surface area (Å²) in [5, 5.41) is 33.9. The van der Waals surface area contributed by atoms with Gasteiger partial charge in [-0.1, -0.05) is 24.3 Å². The van der Waals surface area contributed by atoms with Gasteiger partial charge in [0.25, 0.3) is 0 Å². The molecule has 2 aromatic carbocycles. The number of aldehydes is 1. The average molecular weight is 863 g/mol. The zero-order valence-corrected chi connectivity index (χ0v) is 36.1. The number of pyridine rings is 4. The number of benzene rings is 2. The molecule has 0 unspecified atom stereocenters. The molecule has 0 bridgehead atoms. The third-order valence-corrected chi connectivity index (χ3v) is 8.34. The largest absolute Gasteiger partial charge is 1.00 e. The normalized spacial score (nSPS) is 10.0. The van der Waals surface area contributed by atoms with Crippen molar-refractivity contribution in [2.75, 3.05) is 23.7 Å². The Balaban J connectivity index is 0.000000272. The smallest absolute Gasteiger partial charge is 0.512 e. The van der Waals surface area contributed by atoms with Crippen molar-refractivity contribution in [3.63, 3.8) is 0 Å². The molecule has 0 saturated heterocycles. The van der Waals surface area contributed by atoms with Gasteiger partial charge in [0.2, 0.25) is 0 Å². The Hall–Kier alpha value is -6.82. The van der Waals surface area contributed by atoms with Gasteiger partial charge in [0.15, 0.2) is 45.6 Å². The quantitative estimate of drug-likeness (QED) is 0.0398. The molecule has 16 nitrogen and oxygen atoms in total. The van der Waals surface area contributed by atoms with Crippen LogP contribution in [-0.2, 0) is 32.5 Å². The van der Waals surface area contributed by atoms with E-state index in [0.717, 1.165) is 5.56 Å². The maximum atomic E-state index is 13.8. The number of aromatic nitrogens is 6. The number of rotatable bonds is 14. The van der Waals surface area contributed by atoms with E-state index in [0.29, 0.717) is 101 Å². The van der Waals surface area contributed by atoms with Crippen molar-refractivity contribution in [2.45, 2.75) is 32.5 Å². The summed E-state index contributed by atoms with van der Waals surface area (Å²) in [6.45, 7) is 6.93. The van der Waals surface area contributed by atoms with Crippen LogP contribution in [0.4, 0.5) is 20.4 Å². The van der Waals surface area contributed by atoms with Crippen LogP contribution in [0.2, 0.25) is 0 Å². The number of fused-ring (bicyclic) bond motifs is 2. The van der Waals surface area contributed by atoms with Crippen molar-refractivity contribution in [1.29, 1.82) is 5.26 Å². The van der Waals surface area contributed by atoms with Crippen LogP contribution in [0.3, 0.4) is 0 Å². The molecule has 0 saturated carbocycles. The van der Waals surface area contributed by atoms with Gasteiger partial charge in [0, 0.05) is 83.4 Å². The number of nitrogens with one attached hydrogen (secondary N) is 3. The molecule has 7 N–H and O–H groups in total. The number of nitrogens with zero attached hydrogens (tertiary/aromatic N) is 7. The fraction of sp³-hybridized carbons (Fsp3) is 0.163. The summed E-state index contributed by atoms with van der Waals surface area (Å²) < 4.78 is 38.6. The number of nitrogens with two attached hydrogens (primary N) is 1. The zero-order valence-electron chi connectivity index (χ0n) is 34.1. The Kier molecular flexibility index (Phi) is 21.3. The van der Waals surface area contributed by atoms with E-state index in [-0.39, 0.29) is 74.2 Å². The first-order valence-electron chi connectivity index (χ1n) is 18.6. The molecule has 0 aliphatic heterocycles. The number of carbonyl (C=O) groups is 1. The number of carbonyl (C=O) groups excluding carboxylic acids is 1. The zero-order chi connectivity index (χ0) is 43.4. The Morgan fingerprint density at radius 1 is 0.683 bits per heavy atom. The number of halogens is 2. The molecule has 8 rings (SSSR count). The van der Waals surface area contributed by atoms with E-state index in [4.69, 9.17) is 31.5 Å². The first-order chi connectivity index (χ1) is 29.8. The molecule has 315 valence electrons. The summed E-state index contributed by atoms with van der Waals surface area (Å²) in [5.41, 5.74) is 10.1. The molecule has 0 spiro atoms. The number of hydrogen-bond acceptors (Lipinski definition) is 16. The second kappa shape index (κ2) is 26.5. The van der Waals surface area contributed by atoms with Gasteiger partial charge in [-0.05, 0) is 54.1 Å². The summed E-state index contributed by atoms with van der Waals surface area (Å²) in [4.78, 5) is 35.4. The topological polar surface area (TPSA) is 247 Å². The van der Waals surface area contributed by atoms with Gasteiger partial charge in [-0.2, -0.15) is 0 Å². The van der Waals surface area contributed by atoms with Gasteiger partial charge < -0.3 is 52.6 Å². The molecule has 63 heavy (non-hydrogen) atoms. The van der Waals surface area contributed by atoms with Crippen LogP contribution in [-0.4, -0.2) is 67.9 Å². The second-order valence-corrected chi connectivity index (χ2v) is 12.6. The number of phenolic OH excluding ortho intramolecular Hbond substituents is 2. The molecular weight excluding hydrogens is 822 g/mol. The van der Waals surface area contributed by atoms with Gasteiger partial charge in [-0.25, -0.2) is 28.7 Å². The summed E-state index contributed by atoms with van der Waals surface area (Å²) in [7, 11) is 0. The number of aromatic hydroxyl groups is 2. The molecule has 20 heteroatoms. The van der Waals surface area contributed by atoms with Crippen LogP contribution in [0.15, 0.2) is 119 Å². The second-order valence-electron chi connectivity index (χ2n) is 12.6. The van der Waals surface area contributed by atoms with Crippen molar-refractivity contribution in [3.8, 4) is 11.5 Å². The third-order valence-electron chi connectivity index (χ3n) is 8.34. The first-order valence-corrected chi connectivity index (χ1v) is 18.6. The van der Waals surface area contributed by atoms with E-state index < -0.39 is 0 Å². The minimum absolute atomic E-state index is 0. The van der Waals surface area contributed by atoms with Crippen LogP contribution in [0.1, 0.15) is 39.1 Å². The van der Waals surface area contributed by atoms with Crippen LogP contribution >= 0.6 is 0 Å². The van der Waals surface area contributed by atoms with Crippen LogP contribution in [0.5, 0.6) is 11.5 Å². The maximum absolute atomic E-state index is 13.8. The summed E-state index contributed by atoms with van der Waals surface area (Å²) in [6, 6.07) is 22.6. The van der Waals surface area contributed by atoms with Crippen molar-refractivity contribution in [2.24, 2.45) is 5.73 Å². The molecule has 6 heterocycles. The summed E-state index contributed by atoms with van der Waals surface area (Å²) >= 11 is 0. The predicted octanol–water partition coefficient (Wildman–Crippen LogP) is 3.20. The van der Waals surface area contributed by atoms with Crippen LogP contribution < -0.4 is 51.2 Å². The van der Waals surface area contributed by atoms with Gasteiger partial charge in [-0.3, -0.25) is 14.8 Å². The Morgan fingerprint density at radius 3 is 1.68 bits per heavy atom. The van der Waals surface area contributed by atoms with Crippen molar-refractivity contribution < 1.29 is 62.2 Å². The summed E-state index contributed by atoms with van der Waals surface area (Å²) in [6.07, 6.45) is 8.17. The SMILES string of the molecule is NCCc1nc2c(NCc3ncccc3F)nccc2o1.O=Cc1cccc(O)c1.Oc1cccc(CNCCc2nc3c(NCc4ncccc4F)nccc3o2)c1.[B].[C-]#N.[Na+]. The van der Waals surface area contributed by atoms with E-state index in [9.17, 15) is 18.7 Å². The van der Waals surface area contributed by atoms with Gasteiger partial charge in [0.05, 0.1) is 24.5 Å². The molecule has 3 radical (unpaired) electrons. The number of oxazole rings is 2. The Bertz CT molecular complexity index is 2670. The molecule has 0 amide bonds. The molecule has 0 fully saturated rings. The van der Waals surface area contributed by atoms with Gasteiger partial charge in [-0.15, -0.1) is 0 Å². The molecule has 0 aliphatic rings. The van der Waals surface area contributed by atoms with Gasteiger partial charge in [0.1, 0.15) is 29.4 Å². The van der Waals surface area contributed by atoms with E-state index >= 15 is 0 Å². The number of phenols is 2. The third kappa shape index (κ3) is 15.2. The Morgan fingerprint density at radius 2 is 1.21 bits per heavy atom. The number of hydrogen-bond donors (Lipinski definition) is 6. The number of anilines is 2. The van der Waals surface area contributed by atoms with Crippen LogP contribution in [0.25, 0.3) is 22.2 Å². The molecule has 6 aromatic heterocycles. The van der Waals surface area contributed by atoms with Crippen molar-refractivity contribution in [1.82, 2.24) is 35.2 Å². The van der Waals surface area contributed by atoms with E-state index in [1.165, 1.54) is 24.3 Å². The minimum Gasteiger partial charge on any atom is -0.512 e. The molecule has 0 atom stereocenters. The fourth-order valence-electron chi connectivity index (χ4n) is 5.52. The van der Waals surface area contributed by atoms with Crippen molar-refractivity contribution >= 4 is 48.5 Å². The summed E-state index contributed by atoms with van der Waals surface area (Å²) in [5.74, 6) is 1.85. The molecule has 0 aliphatic carbocycles. The first kappa shape index (κ1) is 50.5. The van der Waals surface area contributed by atoms with Crippen LogP contribution in [0, 0.1) is 23.5 Å². The Labute approximate surface area is 384 Å². The molecular formula is C43H40BF2N11NaO5. The molecule has 8 aromatic rings. The minimum atomic E-state index is -0.370. The van der Waals surface area contributed by atoms with E-state index in [1.807, 2.05) is 12.1 Å². The monoisotopic (exact) mass is 862 g/mol. The fourth-order valence-corrected chi connectivity index (χ4v) is 5.52. The van der Waals surface area contributed by atoms with E-state index in [1.54, 1.807) is 73.3 Å². The van der Waals surface area contributed by atoms with Gasteiger partial charge >= 0.3 is 29.6 Å².